The quantitative estimate of drug-likeness (QED) is 0.232. The fraction of sp³-hybridized carbons (Fsp3) is 0.789. The van der Waals surface area contributed by atoms with E-state index in [1.165, 1.54) is 82.9 Å². The first-order valence-electron chi connectivity index (χ1n) is 17.4. The molecule has 40 heavy (non-hydrogen) atoms. The predicted octanol–water partition coefficient (Wildman–Crippen LogP) is 12.2. The van der Waals surface area contributed by atoms with Gasteiger partial charge in [0.05, 0.1) is 4.87 Å². The average molecular weight is 570 g/mol. The first-order chi connectivity index (χ1) is 19.1. The summed E-state index contributed by atoms with van der Waals surface area (Å²) in [4.78, 5) is 3.24. The zero-order valence-corrected chi connectivity index (χ0v) is 29.7. The number of hydrogen-bond donors (Lipinski definition) is 0. The van der Waals surface area contributed by atoms with E-state index >= 15 is 0 Å². The van der Waals surface area contributed by atoms with Gasteiger partial charge in [-0.2, -0.15) is 0 Å². The third-order valence-electron chi connectivity index (χ3n) is 10.2. The molecule has 1 aliphatic heterocycles. The predicted molar refractivity (Wildman–Crippen MR) is 184 cm³/mol. The highest BCUT2D eigenvalue weighted by Crippen LogP contribution is 2.67. The third kappa shape index (κ3) is 8.00. The average Bonchev–Trinajstić information content (AvgIpc) is 3.57. The number of thioether (sulfide) groups is 1. The highest BCUT2D eigenvalue weighted by Gasteiger charge is 2.62. The van der Waals surface area contributed by atoms with E-state index in [0.717, 1.165) is 17.8 Å². The molecular weight excluding hydrogens is 502 g/mol. The Bertz CT molecular complexity index is 923. The highest BCUT2D eigenvalue weighted by molar-refractivity contribution is 8.04. The van der Waals surface area contributed by atoms with Crippen LogP contribution >= 0.6 is 11.8 Å². The molecular formula is C38H67NS. The minimum atomic E-state index is 0.284. The first kappa shape index (κ1) is 35.5. The van der Waals surface area contributed by atoms with Gasteiger partial charge in [0.1, 0.15) is 0 Å². The summed E-state index contributed by atoms with van der Waals surface area (Å²) in [5.74, 6) is 2.51. The molecule has 0 bridgehead atoms. The Morgan fingerprint density at radius 1 is 0.850 bits per heavy atom. The van der Waals surface area contributed by atoms with Gasteiger partial charge in [-0.3, -0.25) is 4.90 Å². The van der Waals surface area contributed by atoms with Crippen LogP contribution in [0.15, 0.2) is 23.6 Å². The fourth-order valence-electron chi connectivity index (χ4n) is 7.16. The lowest BCUT2D eigenvalue weighted by Gasteiger charge is -2.42. The summed E-state index contributed by atoms with van der Waals surface area (Å²) < 4.78 is 0. The van der Waals surface area contributed by atoms with Crippen molar-refractivity contribution in [3.8, 4) is 0 Å². The molecule has 0 aromatic heterocycles. The lowest BCUT2D eigenvalue weighted by molar-refractivity contribution is 0.218. The van der Waals surface area contributed by atoms with Crippen LogP contribution in [0, 0.1) is 17.8 Å². The van der Waals surface area contributed by atoms with Gasteiger partial charge in [-0.25, -0.2) is 0 Å². The standard InChI is InChI=1S/C34H55NS.2C2H6/c1-9-20-35(21-17-25(4)13-12-14-26(10-2)11-3)34-23-31(34)28(24-36-34)27-15-16-29-30(22-27)33(7,8)19-18-32(29,5)6;2*1-2/h15-16,22,24-26,31H,9-14,17-21,23H2,1-8H3;2*1-2H3. The lowest BCUT2D eigenvalue weighted by atomic mass is 9.63. The second-order valence-corrected chi connectivity index (χ2v) is 15.0. The van der Waals surface area contributed by atoms with E-state index in [9.17, 15) is 0 Å². The van der Waals surface area contributed by atoms with Crippen LogP contribution in [0.3, 0.4) is 0 Å². The Balaban J connectivity index is 0.00000134. The molecule has 2 heteroatoms. The molecule has 3 atom stereocenters. The number of rotatable bonds is 13. The van der Waals surface area contributed by atoms with Gasteiger partial charge in [-0.15, -0.1) is 11.8 Å². The Kier molecular flexibility index (Phi) is 13.9. The van der Waals surface area contributed by atoms with Crippen molar-refractivity contribution in [1.29, 1.82) is 0 Å². The van der Waals surface area contributed by atoms with E-state index in [2.05, 4.69) is 95.7 Å². The molecule has 1 aromatic carbocycles. The van der Waals surface area contributed by atoms with Crippen LogP contribution in [0.1, 0.15) is 164 Å². The van der Waals surface area contributed by atoms with Crippen molar-refractivity contribution < 1.29 is 0 Å². The van der Waals surface area contributed by atoms with Crippen molar-refractivity contribution in [1.82, 2.24) is 4.90 Å². The van der Waals surface area contributed by atoms with Gasteiger partial charge in [0.25, 0.3) is 0 Å². The van der Waals surface area contributed by atoms with E-state index in [-0.39, 0.29) is 5.41 Å². The van der Waals surface area contributed by atoms with E-state index < -0.39 is 0 Å². The summed E-state index contributed by atoms with van der Waals surface area (Å²) in [6, 6.07) is 7.52. The van der Waals surface area contributed by atoms with Gasteiger partial charge in [-0.1, -0.05) is 133 Å². The molecule has 1 saturated carbocycles. The molecule has 0 radical (unpaired) electrons. The molecule has 3 unspecified atom stereocenters. The lowest BCUT2D eigenvalue weighted by Crippen LogP contribution is -2.37. The second kappa shape index (κ2) is 15.7. The first-order valence-corrected chi connectivity index (χ1v) is 18.2. The molecule has 230 valence electrons. The largest absolute Gasteiger partial charge is 0.288 e. The zero-order chi connectivity index (χ0) is 30.1. The summed E-state index contributed by atoms with van der Waals surface area (Å²) in [5.41, 5.74) is 6.90. The summed E-state index contributed by atoms with van der Waals surface area (Å²) in [6.45, 7) is 29.9. The van der Waals surface area contributed by atoms with Crippen LogP contribution in [0.25, 0.3) is 5.57 Å². The summed E-state index contributed by atoms with van der Waals surface area (Å²) in [6.07, 6.45) is 13.5. The summed E-state index contributed by atoms with van der Waals surface area (Å²) in [5, 5.41) is 2.54. The van der Waals surface area contributed by atoms with E-state index in [1.54, 1.807) is 16.7 Å². The van der Waals surface area contributed by atoms with Gasteiger partial charge in [-0.05, 0) is 95.5 Å². The topological polar surface area (TPSA) is 3.24 Å². The zero-order valence-electron chi connectivity index (χ0n) is 28.9. The smallest absolute Gasteiger partial charge is 0.0788 e. The molecule has 0 spiro atoms. The minimum Gasteiger partial charge on any atom is -0.288 e. The van der Waals surface area contributed by atoms with E-state index in [1.807, 2.05) is 27.7 Å². The highest BCUT2D eigenvalue weighted by atomic mass is 32.2. The van der Waals surface area contributed by atoms with Gasteiger partial charge >= 0.3 is 0 Å². The molecule has 1 fully saturated rings. The van der Waals surface area contributed by atoms with Crippen molar-refractivity contribution in [2.24, 2.45) is 17.8 Å². The maximum absolute atomic E-state index is 2.88. The van der Waals surface area contributed by atoms with Gasteiger partial charge in [0, 0.05) is 5.92 Å². The van der Waals surface area contributed by atoms with Gasteiger partial charge in [0.2, 0.25) is 0 Å². The van der Waals surface area contributed by atoms with Crippen molar-refractivity contribution in [3.05, 3.63) is 40.3 Å². The normalized spacial score (nSPS) is 24.2. The number of nitrogens with zero attached hydrogens (tertiary/aromatic N) is 1. The van der Waals surface area contributed by atoms with Crippen LogP contribution in [-0.2, 0) is 10.8 Å². The van der Waals surface area contributed by atoms with Crippen LogP contribution in [-0.4, -0.2) is 22.9 Å². The Morgan fingerprint density at radius 3 is 2.05 bits per heavy atom. The van der Waals surface area contributed by atoms with Gasteiger partial charge < -0.3 is 0 Å². The molecule has 1 heterocycles. The Morgan fingerprint density at radius 2 is 1.48 bits per heavy atom. The van der Waals surface area contributed by atoms with Crippen LogP contribution in [0.5, 0.6) is 0 Å². The van der Waals surface area contributed by atoms with Crippen molar-refractivity contribution >= 4 is 17.3 Å². The van der Waals surface area contributed by atoms with Gasteiger partial charge in [0.15, 0.2) is 0 Å². The summed E-state index contributed by atoms with van der Waals surface area (Å²) in [7, 11) is 0. The van der Waals surface area contributed by atoms with Crippen molar-refractivity contribution in [3.63, 3.8) is 0 Å². The van der Waals surface area contributed by atoms with Crippen molar-refractivity contribution in [2.75, 3.05) is 13.1 Å². The molecule has 1 nitrogen and oxygen atoms in total. The number of fused-ring (bicyclic) bond motifs is 2. The fourth-order valence-corrected chi connectivity index (χ4v) is 8.68. The van der Waals surface area contributed by atoms with Crippen LogP contribution in [0.2, 0.25) is 0 Å². The number of benzene rings is 1. The molecule has 0 N–H and O–H groups in total. The maximum Gasteiger partial charge on any atom is 0.0788 e. The van der Waals surface area contributed by atoms with E-state index in [0.29, 0.717) is 10.3 Å². The monoisotopic (exact) mass is 569 g/mol. The number of hydrogen-bond acceptors (Lipinski definition) is 2. The molecule has 0 saturated heterocycles. The molecule has 1 aromatic rings. The third-order valence-corrected chi connectivity index (χ3v) is 11.7. The van der Waals surface area contributed by atoms with Crippen LogP contribution in [0.4, 0.5) is 0 Å². The molecule has 3 aliphatic rings. The molecule has 2 aliphatic carbocycles. The van der Waals surface area contributed by atoms with Crippen LogP contribution < -0.4 is 0 Å². The second-order valence-electron chi connectivity index (χ2n) is 13.8. The Hall–Kier alpha value is -0.730. The Labute approximate surface area is 255 Å². The molecule has 4 rings (SSSR count). The molecule has 0 amide bonds. The summed E-state index contributed by atoms with van der Waals surface area (Å²) >= 11 is 2.15. The van der Waals surface area contributed by atoms with Crippen molar-refractivity contribution in [2.45, 2.75) is 163 Å². The SMILES string of the molecule is CC.CC.CCCN(CCC(C)CCCC(CC)CC)C12CC1C(c1ccc3c(c1)C(C)(C)CCC3(C)C)=CS2. The minimum absolute atomic E-state index is 0.284. The maximum atomic E-state index is 2.88. The van der Waals surface area contributed by atoms with E-state index in [4.69, 9.17) is 0 Å².